The highest BCUT2D eigenvalue weighted by molar-refractivity contribution is 5.94. The molecular formula is C12H17N3O. The first-order valence-electron chi connectivity index (χ1n) is 5.70. The van der Waals surface area contributed by atoms with Gasteiger partial charge in [-0.05, 0) is 37.4 Å². The SMILES string of the molecule is NCC1CCCN(C(=O)c2ccncc2)C1. The minimum absolute atomic E-state index is 0.0977. The van der Waals surface area contributed by atoms with E-state index >= 15 is 0 Å². The fourth-order valence-electron chi connectivity index (χ4n) is 2.12. The number of pyridine rings is 1. The maximum atomic E-state index is 12.1. The number of rotatable bonds is 2. The van der Waals surface area contributed by atoms with E-state index in [0.717, 1.165) is 25.9 Å². The quantitative estimate of drug-likeness (QED) is 0.803. The molecule has 2 rings (SSSR count). The standard InChI is InChI=1S/C12H17N3O/c13-8-10-2-1-7-15(9-10)12(16)11-3-5-14-6-4-11/h3-6,10H,1-2,7-9,13H2. The van der Waals surface area contributed by atoms with Crippen LogP contribution in [-0.4, -0.2) is 35.4 Å². The van der Waals surface area contributed by atoms with Gasteiger partial charge in [0.05, 0.1) is 0 Å². The molecule has 1 unspecified atom stereocenters. The molecule has 4 nitrogen and oxygen atoms in total. The number of likely N-dealkylation sites (tertiary alicyclic amines) is 1. The van der Waals surface area contributed by atoms with Gasteiger partial charge in [-0.25, -0.2) is 0 Å². The topological polar surface area (TPSA) is 59.2 Å². The molecule has 1 aromatic heterocycles. The van der Waals surface area contributed by atoms with Crippen LogP contribution in [0.5, 0.6) is 0 Å². The molecule has 1 atom stereocenters. The molecule has 1 amide bonds. The first-order chi connectivity index (χ1) is 7.81. The molecule has 1 aliphatic rings. The van der Waals surface area contributed by atoms with Crippen molar-refractivity contribution in [3.63, 3.8) is 0 Å². The third-order valence-corrected chi connectivity index (χ3v) is 3.07. The van der Waals surface area contributed by atoms with E-state index in [0.29, 0.717) is 18.0 Å². The molecule has 0 saturated carbocycles. The predicted molar refractivity (Wildman–Crippen MR) is 61.9 cm³/mol. The average Bonchev–Trinajstić information content (AvgIpc) is 2.39. The van der Waals surface area contributed by atoms with E-state index in [-0.39, 0.29) is 5.91 Å². The molecule has 0 radical (unpaired) electrons. The number of piperidine rings is 1. The Kier molecular flexibility index (Phi) is 3.51. The minimum Gasteiger partial charge on any atom is -0.338 e. The normalized spacial score (nSPS) is 20.8. The van der Waals surface area contributed by atoms with Crippen LogP contribution in [0.2, 0.25) is 0 Å². The molecule has 0 aliphatic carbocycles. The second-order valence-corrected chi connectivity index (χ2v) is 4.23. The van der Waals surface area contributed by atoms with E-state index in [9.17, 15) is 4.79 Å². The molecular weight excluding hydrogens is 202 g/mol. The van der Waals surface area contributed by atoms with Crippen LogP contribution in [0.4, 0.5) is 0 Å². The molecule has 0 spiro atoms. The fourth-order valence-corrected chi connectivity index (χ4v) is 2.12. The molecule has 2 heterocycles. The number of aromatic nitrogens is 1. The van der Waals surface area contributed by atoms with Crippen LogP contribution in [0.3, 0.4) is 0 Å². The summed E-state index contributed by atoms with van der Waals surface area (Å²) in [5.74, 6) is 0.556. The average molecular weight is 219 g/mol. The summed E-state index contributed by atoms with van der Waals surface area (Å²) in [7, 11) is 0. The summed E-state index contributed by atoms with van der Waals surface area (Å²) in [5, 5.41) is 0. The third-order valence-electron chi connectivity index (χ3n) is 3.07. The van der Waals surface area contributed by atoms with Crippen molar-refractivity contribution in [2.24, 2.45) is 11.7 Å². The molecule has 1 fully saturated rings. The van der Waals surface area contributed by atoms with Gasteiger partial charge in [0.2, 0.25) is 0 Å². The van der Waals surface area contributed by atoms with Crippen LogP contribution in [0.15, 0.2) is 24.5 Å². The number of hydrogen-bond donors (Lipinski definition) is 1. The third kappa shape index (κ3) is 2.39. The van der Waals surface area contributed by atoms with Gasteiger partial charge in [0.1, 0.15) is 0 Å². The van der Waals surface area contributed by atoms with E-state index in [1.165, 1.54) is 0 Å². The van der Waals surface area contributed by atoms with Crippen molar-refractivity contribution in [1.82, 2.24) is 9.88 Å². The smallest absolute Gasteiger partial charge is 0.253 e. The molecule has 86 valence electrons. The zero-order valence-corrected chi connectivity index (χ0v) is 9.30. The lowest BCUT2D eigenvalue weighted by Crippen LogP contribution is -2.42. The summed E-state index contributed by atoms with van der Waals surface area (Å²) < 4.78 is 0. The summed E-state index contributed by atoms with van der Waals surface area (Å²) in [4.78, 5) is 17.9. The minimum atomic E-state index is 0.0977. The summed E-state index contributed by atoms with van der Waals surface area (Å²) in [6.45, 7) is 2.30. The Hall–Kier alpha value is -1.42. The Morgan fingerprint density at radius 2 is 2.25 bits per heavy atom. The highest BCUT2D eigenvalue weighted by atomic mass is 16.2. The number of nitrogens with two attached hydrogens (primary N) is 1. The van der Waals surface area contributed by atoms with Crippen molar-refractivity contribution >= 4 is 5.91 Å². The van der Waals surface area contributed by atoms with Gasteiger partial charge in [0, 0.05) is 31.0 Å². The van der Waals surface area contributed by atoms with E-state index < -0.39 is 0 Å². The van der Waals surface area contributed by atoms with Crippen LogP contribution in [0.1, 0.15) is 23.2 Å². The number of amides is 1. The van der Waals surface area contributed by atoms with Crippen LogP contribution < -0.4 is 5.73 Å². The monoisotopic (exact) mass is 219 g/mol. The number of carbonyl (C=O) groups excluding carboxylic acids is 1. The molecule has 1 aromatic rings. The van der Waals surface area contributed by atoms with Crippen molar-refractivity contribution < 1.29 is 4.79 Å². The largest absolute Gasteiger partial charge is 0.338 e. The predicted octanol–water partition coefficient (Wildman–Crippen LogP) is 0.892. The second-order valence-electron chi connectivity index (χ2n) is 4.23. The Balaban J connectivity index is 2.05. The molecule has 4 heteroatoms. The Labute approximate surface area is 95.5 Å². The van der Waals surface area contributed by atoms with E-state index in [1.54, 1.807) is 24.5 Å². The lowest BCUT2D eigenvalue weighted by molar-refractivity contribution is 0.0678. The van der Waals surface area contributed by atoms with Crippen LogP contribution >= 0.6 is 0 Å². The molecule has 1 aliphatic heterocycles. The van der Waals surface area contributed by atoms with Gasteiger partial charge < -0.3 is 10.6 Å². The zero-order chi connectivity index (χ0) is 11.4. The maximum Gasteiger partial charge on any atom is 0.253 e. The van der Waals surface area contributed by atoms with Crippen molar-refractivity contribution in [3.05, 3.63) is 30.1 Å². The summed E-state index contributed by atoms with van der Waals surface area (Å²) in [6.07, 6.45) is 5.49. The van der Waals surface area contributed by atoms with Crippen molar-refractivity contribution in [1.29, 1.82) is 0 Å². The first kappa shape index (κ1) is 11.1. The first-order valence-corrected chi connectivity index (χ1v) is 5.70. The fraction of sp³-hybridized carbons (Fsp3) is 0.500. The maximum absolute atomic E-state index is 12.1. The number of nitrogens with zero attached hydrogens (tertiary/aromatic N) is 2. The summed E-state index contributed by atoms with van der Waals surface area (Å²) >= 11 is 0. The molecule has 2 N–H and O–H groups in total. The zero-order valence-electron chi connectivity index (χ0n) is 9.30. The van der Waals surface area contributed by atoms with Gasteiger partial charge in [0.15, 0.2) is 0 Å². The number of carbonyl (C=O) groups is 1. The van der Waals surface area contributed by atoms with Crippen molar-refractivity contribution in [3.8, 4) is 0 Å². The van der Waals surface area contributed by atoms with Gasteiger partial charge in [0.25, 0.3) is 5.91 Å². The van der Waals surface area contributed by atoms with Gasteiger partial charge in [-0.2, -0.15) is 0 Å². The van der Waals surface area contributed by atoms with E-state index in [2.05, 4.69) is 4.98 Å². The Morgan fingerprint density at radius 3 is 2.94 bits per heavy atom. The molecule has 0 bridgehead atoms. The molecule has 1 saturated heterocycles. The Bertz CT molecular complexity index is 353. The lowest BCUT2D eigenvalue weighted by Gasteiger charge is -2.32. The van der Waals surface area contributed by atoms with Gasteiger partial charge in [-0.15, -0.1) is 0 Å². The van der Waals surface area contributed by atoms with Crippen molar-refractivity contribution in [2.75, 3.05) is 19.6 Å². The molecule has 0 aromatic carbocycles. The van der Waals surface area contributed by atoms with Gasteiger partial charge >= 0.3 is 0 Å². The van der Waals surface area contributed by atoms with Crippen LogP contribution in [-0.2, 0) is 0 Å². The highest BCUT2D eigenvalue weighted by Crippen LogP contribution is 2.17. The second kappa shape index (κ2) is 5.07. The summed E-state index contributed by atoms with van der Waals surface area (Å²) in [6, 6.07) is 3.52. The van der Waals surface area contributed by atoms with E-state index in [1.807, 2.05) is 4.90 Å². The van der Waals surface area contributed by atoms with Crippen LogP contribution in [0, 0.1) is 5.92 Å². The van der Waals surface area contributed by atoms with E-state index in [4.69, 9.17) is 5.73 Å². The van der Waals surface area contributed by atoms with Gasteiger partial charge in [-0.3, -0.25) is 9.78 Å². The molecule has 16 heavy (non-hydrogen) atoms. The number of hydrogen-bond acceptors (Lipinski definition) is 3. The highest BCUT2D eigenvalue weighted by Gasteiger charge is 2.23. The summed E-state index contributed by atoms with van der Waals surface area (Å²) in [5.41, 5.74) is 6.37. The van der Waals surface area contributed by atoms with Crippen molar-refractivity contribution in [2.45, 2.75) is 12.8 Å². The lowest BCUT2D eigenvalue weighted by atomic mass is 9.98. The Morgan fingerprint density at radius 1 is 1.50 bits per heavy atom. The van der Waals surface area contributed by atoms with Crippen LogP contribution in [0.25, 0.3) is 0 Å². The van der Waals surface area contributed by atoms with Gasteiger partial charge in [-0.1, -0.05) is 0 Å².